The Kier molecular flexibility index (Phi) is 5.78. The fourth-order valence-electron chi connectivity index (χ4n) is 2.52. The number of thioether (sulfide) groups is 1. The molecule has 0 radical (unpaired) electrons. The van der Waals surface area contributed by atoms with Crippen LogP contribution in [0, 0.1) is 13.8 Å². The lowest BCUT2D eigenvalue weighted by molar-refractivity contribution is 0.343. The van der Waals surface area contributed by atoms with Crippen molar-refractivity contribution in [2.45, 2.75) is 23.9 Å². The Morgan fingerprint density at radius 3 is 2.41 bits per heavy atom. The van der Waals surface area contributed by atoms with E-state index in [4.69, 9.17) is 9.88 Å². The molecule has 3 rings (SSSR count). The van der Waals surface area contributed by atoms with E-state index in [1.54, 1.807) is 16.8 Å². The molecule has 0 aliphatic carbocycles. The number of rotatable bonds is 7. The minimum absolute atomic E-state index is 0.0526. The smallest absolute Gasteiger partial charge is 0.238 e. The van der Waals surface area contributed by atoms with Crippen molar-refractivity contribution >= 4 is 21.8 Å². The van der Waals surface area contributed by atoms with E-state index >= 15 is 0 Å². The van der Waals surface area contributed by atoms with Gasteiger partial charge < -0.3 is 4.74 Å². The molecule has 0 amide bonds. The molecule has 0 aliphatic heterocycles. The molecule has 2 N–H and O–H groups in total. The lowest BCUT2D eigenvalue weighted by Crippen LogP contribution is -2.11. The first-order chi connectivity index (χ1) is 12.8. The van der Waals surface area contributed by atoms with Crippen LogP contribution in [-0.2, 0) is 10.0 Å². The van der Waals surface area contributed by atoms with Crippen molar-refractivity contribution in [2.24, 2.45) is 5.14 Å². The molecule has 0 unspecified atom stereocenters. The maximum absolute atomic E-state index is 11.2. The third kappa shape index (κ3) is 5.06. The summed E-state index contributed by atoms with van der Waals surface area (Å²) in [4.78, 5) is 0.0526. The van der Waals surface area contributed by atoms with Gasteiger partial charge in [-0.1, -0.05) is 17.8 Å². The average molecular weight is 406 g/mol. The van der Waals surface area contributed by atoms with Crippen molar-refractivity contribution in [2.75, 3.05) is 12.4 Å². The molecule has 0 saturated carbocycles. The molecule has 0 saturated heterocycles. The Morgan fingerprint density at radius 2 is 1.78 bits per heavy atom. The van der Waals surface area contributed by atoms with Gasteiger partial charge in [-0.05, 0) is 71.8 Å². The molecule has 10 heteroatoms. The first-order valence-electron chi connectivity index (χ1n) is 8.08. The van der Waals surface area contributed by atoms with Gasteiger partial charge in [-0.25, -0.2) is 13.6 Å². The van der Waals surface area contributed by atoms with Crippen LogP contribution in [0.2, 0.25) is 0 Å². The van der Waals surface area contributed by atoms with E-state index in [2.05, 4.69) is 21.6 Å². The summed E-state index contributed by atoms with van der Waals surface area (Å²) < 4.78 is 29.8. The van der Waals surface area contributed by atoms with Crippen LogP contribution in [0.3, 0.4) is 0 Å². The number of aromatic nitrogens is 4. The summed E-state index contributed by atoms with van der Waals surface area (Å²) in [6.45, 7) is 4.48. The van der Waals surface area contributed by atoms with E-state index < -0.39 is 10.0 Å². The molecule has 1 heterocycles. The molecule has 0 aliphatic rings. The lowest BCUT2D eigenvalue weighted by Gasteiger charge is -2.08. The van der Waals surface area contributed by atoms with Gasteiger partial charge in [0.05, 0.1) is 17.2 Å². The van der Waals surface area contributed by atoms with Crippen molar-refractivity contribution in [3.05, 3.63) is 53.6 Å². The normalized spacial score (nSPS) is 11.5. The van der Waals surface area contributed by atoms with Crippen LogP contribution in [0.15, 0.2) is 52.5 Å². The molecular weight excluding hydrogens is 386 g/mol. The highest BCUT2D eigenvalue weighted by molar-refractivity contribution is 7.99. The van der Waals surface area contributed by atoms with Crippen molar-refractivity contribution in [3.8, 4) is 11.4 Å². The second-order valence-electron chi connectivity index (χ2n) is 5.93. The molecule has 3 aromatic rings. The molecule has 0 fully saturated rings. The fourth-order valence-corrected chi connectivity index (χ4v) is 3.75. The summed E-state index contributed by atoms with van der Waals surface area (Å²) in [5.41, 5.74) is 3.20. The molecule has 0 atom stereocenters. The van der Waals surface area contributed by atoms with E-state index in [1.807, 2.05) is 26.0 Å². The van der Waals surface area contributed by atoms with E-state index in [0.717, 1.165) is 16.8 Å². The van der Waals surface area contributed by atoms with Gasteiger partial charge >= 0.3 is 0 Å². The molecule has 1 aromatic heterocycles. The largest absolute Gasteiger partial charge is 0.493 e. The monoisotopic (exact) mass is 405 g/mol. The number of ether oxygens (including phenoxy) is 1. The van der Waals surface area contributed by atoms with E-state index in [0.29, 0.717) is 23.3 Å². The lowest BCUT2D eigenvalue weighted by atomic mass is 10.1. The second-order valence-corrected chi connectivity index (χ2v) is 8.56. The molecule has 8 nitrogen and oxygen atoms in total. The van der Waals surface area contributed by atoms with Gasteiger partial charge in [-0.2, -0.15) is 4.68 Å². The van der Waals surface area contributed by atoms with Gasteiger partial charge in [-0.3, -0.25) is 0 Å². The molecule has 0 spiro atoms. The second kappa shape index (κ2) is 8.07. The van der Waals surface area contributed by atoms with E-state index in [1.165, 1.54) is 23.9 Å². The molecular formula is C17H19N5O3S2. The van der Waals surface area contributed by atoms with Gasteiger partial charge in [0.15, 0.2) is 0 Å². The summed E-state index contributed by atoms with van der Waals surface area (Å²) in [5.74, 6) is 1.19. The minimum atomic E-state index is -3.70. The summed E-state index contributed by atoms with van der Waals surface area (Å²) in [6.07, 6.45) is 0. The predicted molar refractivity (Wildman–Crippen MR) is 103 cm³/mol. The molecule has 27 heavy (non-hydrogen) atoms. The first kappa shape index (κ1) is 19.3. The molecule has 142 valence electrons. The third-order valence-corrected chi connectivity index (χ3v) is 5.44. The number of benzene rings is 2. The fraction of sp³-hybridized carbons (Fsp3) is 0.235. The summed E-state index contributed by atoms with van der Waals surface area (Å²) >= 11 is 1.47. The Labute approximate surface area is 161 Å². The number of nitrogens with two attached hydrogens (primary N) is 1. The SMILES string of the molecule is Cc1cc(C)cc(-n2nnnc2SCCOc2ccc(S(N)(=O)=O)cc2)c1. The quantitative estimate of drug-likeness (QED) is 0.473. The molecule has 0 bridgehead atoms. The number of hydrogen-bond acceptors (Lipinski definition) is 7. The van der Waals surface area contributed by atoms with Gasteiger partial charge in [0.25, 0.3) is 0 Å². The van der Waals surface area contributed by atoms with Crippen LogP contribution >= 0.6 is 11.8 Å². The van der Waals surface area contributed by atoms with Crippen LogP contribution in [0.4, 0.5) is 0 Å². The summed E-state index contributed by atoms with van der Waals surface area (Å²) in [7, 11) is -3.70. The number of tetrazole rings is 1. The number of primary sulfonamides is 1. The standard InChI is InChI=1S/C17H19N5O3S2/c1-12-9-13(2)11-14(10-12)22-17(19-20-21-22)26-8-7-25-15-3-5-16(6-4-15)27(18,23)24/h3-6,9-11H,7-8H2,1-2H3,(H2,18,23,24). The highest BCUT2D eigenvalue weighted by atomic mass is 32.2. The van der Waals surface area contributed by atoms with Crippen LogP contribution in [0.1, 0.15) is 11.1 Å². The zero-order valence-electron chi connectivity index (χ0n) is 14.9. The van der Waals surface area contributed by atoms with Crippen LogP contribution < -0.4 is 9.88 Å². The van der Waals surface area contributed by atoms with Crippen molar-refractivity contribution in [3.63, 3.8) is 0 Å². The highest BCUT2D eigenvalue weighted by Gasteiger charge is 2.10. The zero-order chi connectivity index (χ0) is 19.4. The third-order valence-electron chi connectivity index (χ3n) is 3.63. The van der Waals surface area contributed by atoms with E-state index in [-0.39, 0.29) is 4.90 Å². The Balaban J connectivity index is 1.58. The number of hydrogen-bond donors (Lipinski definition) is 1. The maximum Gasteiger partial charge on any atom is 0.238 e. The van der Waals surface area contributed by atoms with Crippen molar-refractivity contribution in [1.29, 1.82) is 0 Å². The van der Waals surface area contributed by atoms with Gasteiger partial charge in [0.1, 0.15) is 5.75 Å². The summed E-state index contributed by atoms with van der Waals surface area (Å²) in [6, 6.07) is 12.1. The van der Waals surface area contributed by atoms with Crippen LogP contribution in [-0.4, -0.2) is 41.0 Å². The first-order valence-corrected chi connectivity index (χ1v) is 10.6. The summed E-state index contributed by atoms with van der Waals surface area (Å²) in [5, 5.41) is 17.6. The van der Waals surface area contributed by atoms with E-state index in [9.17, 15) is 8.42 Å². The Hall–Kier alpha value is -2.43. The molecule has 2 aromatic carbocycles. The number of sulfonamides is 1. The minimum Gasteiger partial charge on any atom is -0.493 e. The van der Waals surface area contributed by atoms with Crippen molar-refractivity contribution in [1.82, 2.24) is 20.2 Å². The van der Waals surface area contributed by atoms with Gasteiger partial charge in [0, 0.05) is 5.75 Å². The van der Waals surface area contributed by atoms with Gasteiger partial charge in [0.2, 0.25) is 15.2 Å². The maximum atomic E-state index is 11.2. The topological polar surface area (TPSA) is 113 Å². The van der Waals surface area contributed by atoms with Crippen LogP contribution in [0.5, 0.6) is 5.75 Å². The van der Waals surface area contributed by atoms with Gasteiger partial charge in [-0.15, -0.1) is 5.10 Å². The average Bonchev–Trinajstić information content (AvgIpc) is 3.06. The number of aryl methyl sites for hydroxylation is 2. The van der Waals surface area contributed by atoms with Crippen LogP contribution in [0.25, 0.3) is 5.69 Å². The highest BCUT2D eigenvalue weighted by Crippen LogP contribution is 2.21. The predicted octanol–water partition coefficient (Wildman–Crippen LogP) is 2.10. The Morgan fingerprint density at radius 1 is 1.11 bits per heavy atom. The van der Waals surface area contributed by atoms with Crippen molar-refractivity contribution < 1.29 is 13.2 Å². The number of nitrogens with zero attached hydrogens (tertiary/aromatic N) is 4. The zero-order valence-corrected chi connectivity index (χ0v) is 16.5. The Bertz CT molecular complexity index is 1010.